The van der Waals surface area contributed by atoms with Crippen molar-refractivity contribution in [3.05, 3.63) is 47.8 Å². The molecule has 4 unspecified atom stereocenters. The summed E-state index contributed by atoms with van der Waals surface area (Å²) >= 11 is 0. The van der Waals surface area contributed by atoms with Crippen LogP contribution in [-0.2, 0) is 16.1 Å². The van der Waals surface area contributed by atoms with Gasteiger partial charge in [-0.15, -0.1) is 0 Å². The van der Waals surface area contributed by atoms with Gasteiger partial charge in [0.25, 0.3) is 0 Å². The van der Waals surface area contributed by atoms with Gasteiger partial charge in [-0.3, -0.25) is 4.79 Å². The summed E-state index contributed by atoms with van der Waals surface area (Å²) in [5.41, 5.74) is 0.912. The first-order valence-electron chi connectivity index (χ1n) is 12.8. The molecule has 1 saturated carbocycles. The first-order valence-corrected chi connectivity index (χ1v) is 12.8. The number of halogens is 1. The molecule has 0 amide bonds. The van der Waals surface area contributed by atoms with Gasteiger partial charge in [0.2, 0.25) is 0 Å². The third kappa shape index (κ3) is 10.3. The van der Waals surface area contributed by atoms with Crippen molar-refractivity contribution in [2.75, 3.05) is 0 Å². The van der Waals surface area contributed by atoms with Gasteiger partial charge in [-0.2, -0.15) is 0 Å². The Balaban J connectivity index is 0.000000329. The Labute approximate surface area is 194 Å². The Morgan fingerprint density at radius 1 is 1.03 bits per heavy atom. The van der Waals surface area contributed by atoms with Crippen LogP contribution in [-0.4, -0.2) is 17.2 Å². The van der Waals surface area contributed by atoms with Crippen molar-refractivity contribution in [3.8, 4) is 0 Å². The minimum absolute atomic E-state index is 0.0395. The van der Waals surface area contributed by atoms with Crippen LogP contribution in [0, 0.1) is 23.6 Å². The second kappa shape index (κ2) is 15.2. The van der Waals surface area contributed by atoms with Gasteiger partial charge >= 0.3 is 5.97 Å². The summed E-state index contributed by atoms with van der Waals surface area (Å²) in [6.07, 6.45) is 18.0. The minimum atomic E-state index is -0.789. The lowest BCUT2D eigenvalue weighted by Crippen LogP contribution is -2.15. The maximum Gasteiger partial charge on any atom is 0.303 e. The monoisotopic (exact) mass is 446 g/mol. The summed E-state index contributed by atoms with van der Waals surface area (Å²) in [4.78, 5) is 10.8. The smallest absolute Gasteiger partial charge is 0.303 e. The van der Waals surface area contributed by atoms with E-state index < -0.39 is 5.97 Å². The van der Waals surface area contributed by atoms with Crippen molar-refractivity contribution < 1.29 is 19.0 Å². The number of ether oxygens (including phenoxy) is 1. The van der Waals surface area contributed by atoms with Crippen LogP contribution in [0.4, 0.5) is 4.39 Å². The number of rotatable bonds is 14. The van der Waals surface area contributed by atoms with Gasteiger partial charge in [0, 0.05) is 6.42 Å². The van der Waals surface area contributed by atoms with E-state index in [0.29, 0.717) is 13.0 Å². The van der Waals surface area contributed by atoms with Crippen molar-refractivity contribution in [3.63, 3.8) is 0 Å². The molecular formula is C28H43FO3. The summed E-state index contributed by atoms with van der Waals surface area (Å²) in [5.74, 6) is 1.94. The Morgan fingerprint density at radius 3 is 2.31 bits per heavy atom. The van der Waals surface area contributed by atoms with E-state index in [4.69, 9.17) is 9.84 Å². The van der Waals surface area contributed by atoms with Crippen LogP contribution in [0.15, 0.2) is 36.4 Å². The van der Waals surface area contributed by atoms with Crippen molar-refractivity contribution in [1.82, 2.24) is 0 Å². The molecule has 180 valence electrons. The third-order valence-corrected chi connectivity index (χ3v) is 6.90. The van der Waals surface area contributed by atoms with E-state index in [1.165, 1.54) is 63.5 Å². The number of allylic oxidation sites excluding steroid dienone is 2. The predicted octanol–water partition coefficient (Wildman–Crippen LogP) is 7.93. The molecule has 32 heavy (non-hydrogen) atoms. The maximum atomic E-state index is 12.9. The molecule has 1 aromatic carbocycles. The first-order chi connectivity index (χ1) is 15.5. The largest absolute Gasteiger partial charge is 0.481 e. The summed E-state index contributed by atoms with van der Waals surface area (Å²) in [6, 6.07) is 6.24. The fourth-order valence-corrected chi connectivity index (χ4v) is 4.91. The zero-order valence-corrected chi connectivity index (χ0v) is 20.1. The standard InChI is InChI=1S/C19H29FO3.C9H14/c1-2-3-4-5-6-7-8-18(13-14-19(21)22)23-15-16-9-11-17(20)12-10-16;1-2-8-5-7-3-4-9(8)6-7/h9-12,18H,2-8,13-15H2,1H3,(H,21,22);3-4,7-9H,2,5-6H2,1H3. The number of unbranched alkanes of at least 4 members (excludes halogenated alkanes) is 5. The lowest BCUT2D eigenvalue weighted by molar-refractivity contribution is -0.138. The van der Waals surface area contributed by atoms with E-state index in [0.717, 1.165) is 36.2 Å². The second-order valence-electron chi connectivity index (χ2n) is 9.50. The molecule has 2 bridgehead atoms. The topological polar surface area (TPSA) is 46.5 Å². The third-order valence-electron chi connectivity index (χ3n) is 6.90. The van der Waals surface area contributed by atoms with Crippen LogP contribution in [0.5, 0.6) is 0 Å². The molecule has 1 fully saturated rings. The highest BCUT2D eigenvalue weighted by atomic mass is 19.1. The fourth-order valence-electron chi connectivity index (χ4n) is 4.91. The molecule has 0 heterocycles. The van der Waals surface area contributed by atoms with E-state index >= 15 is 0 Å². The van der Waals surface area contributed by atoms with Crippen LogP contribution in [0.1, 0.15) is 96.5 Å². The molecule has 0 aromatic heterocycles. The van der Waals surface area contributed by atoms with Crippen molar-refractivity contribution in [2.45, 2.75) is 104 Å². The molecule has 1 N–H and O–H groups in total. The number of aliphatic carboxylic acids is 1. The number of carbonyl (C=O) groups is 1. The average molecular weight is 447 g/mol. The van der Waals surface area contributed by atoms with Gasteiger partial charge in [0.05, 0.1) is 12.7 Å². The molecule has 0 spiro atoms. The van der Waals surface area contributed by atoms with Gasteiger partial charge < -0.3 is 9.84 Å². The normalized spacial score (nSPS) is 21.9. The lowest BCUT2D eigenvalue weighted by Gasteiger charge is -2.17. The van der Waals surface area contributed by atoms with Gasteiger partial charge in [0.15, 0.2) is 0 Å². The van der Waals surface area contributed by atoms with E-state index in [2.05, 4.69) is 26.0 Å². The zero-order chi connectivity index (χ0) is 23.2. The summed E-state index contributed by atoms with van der Waals surface area (Å²) in [6.45, 7) is 4.92. The number of benzene rings is 1. The highest BCUT2D eigenvalue weighted by Gasteiger charge is 2.33. The van der Waals surface area contributed by atoms with Gasteiger partial charge in [-0.1, -0.05) is 83.1 Å². The molecule has 3 nitrogen and oxygen atoms in total. The zero-order valence-electron chi connectivity index (χ0n) is 20.1. The molecule has 2 aliphatic carbocycles. The van der Waals surface area contributed by atoms with Gasteiger partial charge in [-0.25, -0.2) is 4.39 Å². The Kier molecular flexibility index (Phi) is 12.6. The lowest BCUT2D eigenvalue weighted by atomic mass is 9.91. The highest BCUT2D eigenvalue weighted by molar-refractivity contribution is 5.66. The van der Waals surface area contributed by atoms with Crippen LogP contribution in [0.2, 0.25) is 0 Å². The quantitative estimate of drug-likeness (QED) is 0.233. The van der Waals surface area contributed by atoms with Crippen LogP contribution in [0.3, 0.4) is 0 Å². The molecule has 1 aromatic rings. The van der Waals surface area contributed by atoms with Crippen LogP contribution in [0.25, 0.3) is 0 Å². The molecule has 0 aliphatic heterocycles. The fraction of sp³-hybridized carbons (Fsp3) is 0.679. The van der Waals surface area contributed by atoms with Crippen LogP contribution < -0.4 is 0 Å². The molecular weight excluding hydrogens is 403 g/mol. The average Bonchev–Trinajstić information content (AvgIpc) is 3.42. The van der Waals surface area contributed by atoms with Crippen molar-refractivity contribution >= 4 is 5.97 Å². The number of carboxylic acids is 1. The van der Waals surface area contributed by atoms with Crippen LogP contribution >= 0.6 is 0 Å². The number of hydrogen-bond donors (Lipinski definition) is 1. The van der Waals surface area contributed by atoms with Gasteiger partial charge in [0.1, 0.15) is 5.82 Å². The van der Waals surface area contributed by atoms with E-state index in [1.807, 2.05) is 0 Å². The Morgan fingerprint density at radius 2 is 1.75 bits per heavy atom. The molecule has 3 rings (SSSR count). The predicted molar refractivity (Wildman–Crippen MR) is 129 cm³/mol. The Hall–Kier alpha value is -1.68. The summed E-state index contributed by atoms with van der Waals surface area (Å²) < 4.78 is 18.7. The minimum Gasteiger partial charge on any atom is -0.481 e. The van der Waals surface area contributed by atoms with E-state index in [9.17, 15) is 9.18 Å². The van der Waals surface area contributed by atoms with Crippen molar-refractivity contribution in [2.24, 2.45) is 17.8 Å². The molecule has 0 saturated heterocycles. The first kappa shape index (κ1) is 26.6. The Bertz CT molecular complexity index is 670. The van der Waals surface area contributed by atoms with E-state index in [-0.39, 0.29) is 18.3 Å². The highest BCUT2D eigenvalue weighted by Crippen LogP contribution is 2.44. The van der Waals surface area contributed by atoms with E-state index in [1.54, 1.807) is 12.1 Å². The molecule has 0 radical (unpaired) electrons. The number of carboxylic acid groups (broad SMARTS) is 1. The second-order valence-corrected chi connectivity index (χ2v) is 9.50. The van der Waals surface area contributed by atoms with Gasteiger partial charge in [-0.05, 0) is 61.1 Å². The maximum absolute atomic E-state index is 12.9. The van der Waals surface area contributed by atoms with Crippen molar-refractivity contribution in [1.29, 1.82) is 0 Å². The summed E-state index contributed by atoms with van der Waals surface area (Å²) in [5, 5.41) is 8.85. The SMILES string of the molecule is CCC1CC2C=CC1C2.CCCCCCCCC(CCC(=O)O)OCc1ccc(F)cc1. The summed E-state index contributed by atoms with van der Waals surface area (Å²) in [7, 11) is 0. The molecule has 4 atom stereocenters. The molecule has 4 heteroatoms. The number of fused-ring (bicyclic) bond motifs is 2. The number of hydrogen-bond acceptors (Lipinski definition) is 2. The molecule has 2 aliphatic rings.